The third-order valence-corrected chi connectivity index (χ3v) is 3.45. The predicted molar refractivity (Wildman–Crippen MR) is 66.9 cm³/mol. The van der Waals surface area contributed by atoms with Crippen LogP contribution in [0.3, 0.4) is 0 Å². The maximum Gasteiger partial charge on any atom is 0.147 e. The number of anilines is 1. The van der Waals surface area contributed by atoms with E-state index in [1.165, 1.54) is 25.7 Å². The molecule has 0 spiro atoms. The van der Waals surface area contributed by atoms with Crippen molar-refractivity contribution < 1.29 is 0 Å². The highest BCUT2D eigenvalue weighted by Gasteiger charge is 2.18. The summed E-state index contributed by atoms with van der Waals surface area (Å²) in [4.78, 5) is 11.1. The third kappa shape index (κ3) is 2.64. The first-order valence-electron chi connectivity index (χ1n) is 5.95. The van der Waals surface area contributed by atoms with Crippen molar-refractivity contribution in [1.82, 2.24) is 9.97 Å². The van der Waals surface area contributed by atoms with Gasteiger partial charge in [0.05, 0.1) is 24.0 Å². The minimum Gasteiger partial charge on any atom is -0.353 e. The molecule has 0 bridgehead atoms. The molecule has 1 aromatic heterocycles. The van der Waals surface area contributed by atoms with E-state index in [0.29, 0.717) is 11.9 Å². The molecule has 0 saturated carbocycles. The summed E-state index contributed by atoms with van der Waals surface area (Å²) in [5.74, 6) is 1.42. The molecule has 1 saturated heterocycles. The van der Waals surface area contributed by atoms with Gasteiger partial charge < -0.3 is 4.90 Å². The van der Waals surface area contributed by atoms with Crippen LogP contribution >= 0.6 is 11.6 Å². The fourth-order valence-electron chi connectivity index (χ4n) is 2.18. The fraction of sp³-hybridized carbons (Fsp3) is 0.667. The first-order valence-corrected chi connectivity index (χ1v) is 6.48. The maximum absolute atomic E-state index is 5.70. The van der Waals surface area contributed by atoms with Gasteiger partial charge in [-0.3, -0.25) is 4.98 Å². The summed E-state index contributed by atoms with van der Waals surface area (Å²) in [7, 11) is 0. The Balaban J connectivity index is 2.14. The lowest BCUT2D eigenvalue weighted by Gasteiger charge is -2.27. The monoisotopic (exact) mass is 239 g/mol. The van der Waals surface area contributed by atoms with Crippen LogP contribution in [0.15, 0.2) is 12.4 Å². The van der Waals surface area contributed by atoms with E-state index in [0.717, 1.165) is 18.1 Å². The smallest absolute Gasteiger partial charge is 0.147 e. The van der Waals surface area contributed by atoms with Gasteiger partial charge in [0.2, 0.25) is 0 Å². The normalized spacial score (nSPS) is 21.9. The van der Waals surface area contributed by atoms with Gasteiger partial charge in [0.1, 0.15) is 5.82 Å². The summed E-state index contributed by atoms with van der Waals surface area (Å²) >= 11 is 5.70. The summed E-state index contributed by atoms with van der Waals surface area (Å²) in [5.41, 5.74) is 0.841. The predicted octanol–water partition coefficient (Wildman–Crippen LogP) is 2.98. The van der Waals surface area contributed by atoms with Gasteiger partial charge in [0, 0.05) is 12.6 Å². The Hall–Kier alpha value is -0.830. The van der Waals surface area contributed by atoms with E-state index in [-0.39, 0.29) is 0 Å². The van der Waals surface area contributed by atoms with E-state index in [1.54, 1.807) is 6.20 Å². The van der Waals surface area contributed by atoms with Gasteiger partial charge in [0.15, 0.2) is 0 Å². The lowest BCUT2D eigenvalue weighted by molar-refractivity contribution is 0.610. The van der Waals surface area contributed by atoms with Crippen molar-refractivity contribution in [3.05, 3.63) is 18.1 Å². The molecule has 1 aliphatic rings. The molecule has 0 N–H and O–H groups in total. The molecule has 0 aromatic carbocycles. The number of hydrogen-bond donors (Lipinski definition) is 0. The second-order valence-electron chi connectivity index (χ2n) is 4.39. The number of aromatic nitrogens is 2. The van der Waals surface area contributed by atoms with Gasteiger partial charge in [-0.2, -0.15) is 0 Å². The molecule has 2 heterocycles. The SMILES string of the molecule is CC1CCCCCN1c1cnc(CCl)cn1. The molecule has 1 aliphatic heterocycles. The minimum atomic E-state index is 0.433. The zero-order valence-corrected chi connectivity index (χ0v) is 10.5. The highest BCUT2D eigenvalue weighted by molar-refractivity contribution is 6.16. The second kappa shape index (κ2) is 5.48. The molecule has 0 aliphatic carbocycles. The molecule has 3 nitrogen and oxygen atoms in total. The Labute approximate surface area is 102 Å². The topological polar surface area (TPSA) is 29.0 Å². The van der Waals surface area contributed by atoms with Crippen LogP contribution in [0.1, 0.15) is 38.3 Å². The summed E-state index contributed by atoms with van der Waals surface area (Å²) in [6.07, 6.45) is 8.78. The van der Waals surface area contributed by atoms with Gasteiger partial charge >= 0.3 is 0 Å². The molecule has 1 atom stereocenters. The lowest BCUT2D eigenvalue weighted by atomic mass is 10.1. The summed E-state index contributed by atoms with van der Waals surface area (Å²) in [5, 5.41) is 0. The number of alkyl halides is 1. The lowest BCUT2D eigenvalue weighted by Crippen LogP contribution is -2.33. The van der Waals surface area contributed by atoms with Crippen LogP contribution in [0.25, 0.3) is 0 Å². The largest absolute Gasteiger partial charge is 0.353 e. The van der Waals surface area contributed by atoms with Crippen LogP contribution in [0.4, 0.5) is 5.82 Å². The highest BCUT2D eigenvalue weighted by Crippen LogP contribution is 2.21. The highest BCUT2D eigenvalue weighted by atomic mass is 35.5. The summed E-state index contributed by atoms with van der Waals surface area (Å²) in [6.45, 7) is 3.36. The van der Waals surface area contributed by atoms with Crippen molar-refractivity contribution >= 4 is 17.4 Å². The van der Waals surface area contributed by atoms with E-state index >= 15 is 0 Å². The van der Waals surface area contributed by atoms with Crippen molar-refractivity contribution in [3.8, 4) is 0 Å². The molecule has 16 heavy (non-hydrogen) atoms. The van der Waals surface area contributed by atoms with Gasteiger partial charge in [-0.05, 0) is 19.8 Å². The van der Waals surface area contributed by atoms with Crippen LogP contribution in [-0.4, -0.2) is 22.6 Å². The maximum atomic E-state index is 5.70. The molecule has 0 radical (unpaired) electrons. The van der Waals surface area contributed by atoms with E-state index < -0.39 is 0 Å². The van der Waals surface area contributed by atoms with Crippen LogP contribution in [0, 0.1) is 0 Å². The molecule has 4 heteroatoms. The number of nitrogens with zero attached hydrogens (tertiary/aromatic N) is 3. The average Bonchev–Trinajstić information content (AvgIpc) is 2.54. The number of hydrogen-bond acceptors (Lipinski definition) is 3. The first kappa shape index (κ1) is 11.6. The molecule has 0 amide bonds. The van der Waals surface area contributed by atoms with E-state index in [9.17, 15) is 0 Å². The van der Waals surface area contributed by atoms with Crippen molar-refractivity contribution in [1.29, 1.82) is 0 Å². The van der Waals surface area contributed by atoms with Gasteiger partial charge in [0.25, 0.3) is 0 Å². The van der Waals surface area contributed by atoms with Gasteiger partial charge in [-0.15, -0.1) is 11.6 Å². The third-order valence-electron chi connectivity index (χ3n) is 3.18. The summed E-state index contributed by atoms with van der Waals surface area (Å²) in [6, 6.07) is 0.568. The van der Waals surface area contributed by atoms with Crippen LogP contribution in [-0.2, 0) is 5.88 Å². The molecule has 1 fully saturated rings. The zero-order chi connectivity index (χ0) is 11.4. The van der Waals surface area contributed by atoms with Crippen LogP contribution < -0.4 is 4.90 Å². The fourth-order valence-corrected chi connectivity index (χ4v) is 2.32. The Kier molecular flexibility index (Phi) is 3.99. The Bertz CT molecular complexity index is 326. The average molecular weight is 240 g/mol. The van der Waals surface area contributed by atoms with E-state index in [4.69, 9.17) is 11.6 Å². The second-order valence-corrected chi connectivity index (χ2v) is 4.66. The van der Waals surface area contributed by atoms with Crippen molar-refractivity contribution in [2.75, 3.05) is 11.4 Å². The standard InChI is InChI=1S/C12H18ClN3/c1-10-5-3-2-4-6-16(10)12-9-14-11(7-13)8-15-12/h8-10H,2-7H2,1H3. The zero-order valence-electron chi connectivity index (χ0n) is 9.69. The van der Waals surface area contributed by atoms with Gasteiger partial charge in [-0.1, -0.05) is 12.8 Å². The van der Waals surface area contributed by atoms with Crippen molar-refractivity contribution in [3.63, 3.8) is 0 Å². The van der Waals surface area contributed by atoms with Crippen LogP contribution in [0.2, 0.25) is 0 Å². The van der Waals surface area contributed by atoms with Gasteiger partial charge in [-0.25, -0.2) is 4.98 Å². The Morgan fingerprint density at radius 1 is 1.31 bits per heavy atom. The van der Waals surface area contributed by atoms with Crippen molar-refractivity contribution in [2.24, 2.45) is 0 Å². The first-order chi connectivity index (χ1) is 7.81. The molecular formula is C12H18ClN3. The number of rotatable bonds is 2. The minimum absolute atomic E-state index is 0.433. The molecular weight excluding hydrogens is 222 g/mol. The quantitative estimate of drug-likeness (QED) is 0.743. The number of halogens is 1. The van der Waals surface area contributed by atoms with E-state index in [1.807, 2.05) is 6.20 Å². The van der Waals surface area contributed by atoms with Crippen molar-refractivity contribution in [2.45, 2.75) is 44.5 Å². The van der Waals surface area contributed by atoms with Crippen LogP contribution in [0.5, 0.6) is 0 Å². The van der Waals surface area contributed by atoms with E-state index in [2.05, 4.69) is 21.8 Å². The summed E-state index contributed by atoms with van der Waals surface area (Å²) < 4.78 is 0. The molecule has 1 unspecified atom stereocenters. The Morgan fingerprint density at radius 3 is 2.88 bits per heavy atom. The molecule has 88 valence electrons. The molecule has 1 aromatic rings. The molecule has 2 rings (SSSR count). The Morgan fingerprint density at radius 2 is 2.19 bits per heavy atom.